The topological polar surface area (TPSA) is 91.9 Å². The van der Waals surface area contributed by atoms with Crippen molar-refractivity contribution in [3.05, 3.63) is 58.9 Å². The number of hydrogen-bond acceptors (Lipinski definition) is 4. The molecule has 0 aliphatic heterocycles. The van der Waals surface area contributed by atoms with Crippen LogP contribution in [0.25, 0.3) is 22.3 Å². The Balaban J connectivity index is 2.24. The maximum atomic E-state index is 12.3. The minimum absolute atomic E-state index is 0.172. The van der Waals surface area contributed by atoms with Gasteiger partial charge in [0.2, 0.25) is 10.0 Å². The fraction of sp³-hybridized carbons (Fsp3) is 0.0667. The highest BCUT2D eigenvalue weighted by atomic mass is 32.2. The van der Waals surface area contributed by atoms with Crippen LogP contribution in [0.1, 0.15) is 0 Å². The molecule has 2 aromatic carbocycles. The highest BCUT2D eigenvalue weighted by Gasteiger charge is 2.13. The van der Waals surface area contributed by atoms with Gasteiger partial charge in [-0.3, -0.25) is 9.52 Å². The Kier molecular flexibility index (Phi) is 3.42. The van der Waals surface area contributed by atoms with E-state index in [1.54, 1.807) is 42.5 Å². The van der Waals surface area contributed by atoms with Crippen molar-refractivity contribution >= 4 is 26.7 Å². The zero-order valence-electron chi connectivity index (χ0n) is 11.7. The van der Waals surface area contributed by atoms with Gasteiger partial charge in [-0.2, -0.15) is 0 Å². The molecule has 0 saturated heterocycles. The zero-order chi connectivity index (χ0) is 15.7. The van der Waals surface area contributed by atoms with Gasteiger partial charge in [-0.1, -0.05) is 30.3 Å². The summed E-state index contributed by atoms with van der Waals surface area (Å²) in [5.41, 5.74) is 1.81. The summed E-state index contributed by atoms with van der Waals surface area (Å²) in [7, 11) is -3.45. The van der Waals surface area contributed by atoms with Crippen LogP contribution in [0.5, 0.6) is 0 Å². The maximum absolute atomic E-state index is 12.3. The molecule has 0 aliphatic rings. The summed E-state index contributed by atoms with van der Waals surface area (Å²) in [6.45, 7) is 0. The third-order valence-corrected chi connectivity index (χ3v) is 3.67. The standard InChI is InChI=1S/C15H13N3O3S/c1-22(20,21)18-11-7-3-2-6-10(11)14-15(19)17-13-9-5-4-8-12(13)16-14/h2-9,18H,1H3,(H,17,19). The minimum atomic E-state index is -3.45. The van der Waals surface area contributed by atoms with Gasteiger partial charge in [-0.25, -0.2) is 13.4 Å². The lowest BCUT2D eigenvalue weighted by molar-refractivity contribution is 0.607. The van der Waals surface area contributed by atoms with Crippen molar-refractivity contribution in [1.82, 2.24) is 9.97 Å². The minimum Gasteiger partial charge on any atom is -0.319 e. The van der Waals surface area contributed by atoms with Gasteiger partial charge in [0.15, 0.2) is 0 Å². The van der Waals surface area contributed by atoms with Crippen LogP contribution in [0.4, 0.5) is 5.69 Å². The molecular formula is C15H13N3O3S. The normalized spacial score (nSPS) is 11.5. The maximum Gasteiger partial charge on any atom is 0.275 e. The summed E-state index contributed by atoms with van der Waals surface area (Å²) >= 11 is 0. The van der Waals surface area contributed by atoms with Crippen molar-refractivity contribution < 1.29 is 8.42 Å². The van der Waals surface area contributed by atoms with Crippen LogP contribution in [0.2, 0.25) is 0 Å². The molecule has 0 atom stereocenters. The molecule has 22 heavy (non-hydrogen) atoms. The monoisotopic (exact) mass is 315 g/mol. The number of para-hydroxylation sites is 3. The van der Waals surface area contributed by atoms with Crippen molar-refractivity contribution in [3.8, 4) is 11.3 Å². The number of benzene rings is 2. The number of aromatic amines is 1. The molecule has 1 heterocycles. The lowest BCUT2D eigenvalue weighted by atomic mass is 10.1. The summed E-state index contributed by atoms with van der Waals surface area (Å²) in [6, 6.07) is 13.8. The van der Waals surface area contributed by atoms with Crippen molar-refractivity contribution in [2.24, 2.45) is 0 Å². The Hall–Kier alpha value is -2.67. The Morgan fingerprint density at radius 2 is 1.73 bits per heavy atom. The highest BCUT2D eigenvalue weighted by Crippen LogP contribution is 2.25. The summed E-state index contributed by atoms with van der Waals surface area (Å²) in [5.74, 6) is 0. The Labute approximate surface area is 126 Å². The van der Waals surface area contributed by atoms with Crippen molar-refractivity contribution in [1.29, 1.82) is 0 Å². The van der Waals surface area contributed by atoms with E-state index in [1.165, 1.54) is 0 Å². The van der Waals surface area contributed by atoms with Gasteiger partial charge in [0.05, 0.1) is 23.0 Å². The van der Waals surface area contributed by atoms with Crippen molar-refractivity contribution in [2.45, 2.75) is 0 Å². The summed E-state index contributed by atoms with van der Waals surface area (Å²) in [4.78, 5) is 19.4. The number of nitrogens with one attached hydrogen (secondary N) is 2. The average Bonchev–Trinajstić information content (AvgIpc) is 2.46. The molecule has 0 saturated carbocycles. The van der Waals surface area contributed by atoms with Crippen LogP contribution in [0, 0.1) is 0 Å². The van der Waals surface area contributed by atoms with E-state index >= 15 is 0 Å². The number of hydrogen-bond donors (Lipinski definition) is 2. The zero-order valence-corrected chi connectivity index (χ0v) is 12.5. The van der Waals surface area contributed by atoms with Crippen LogP contribution in [-0.4, -0.2) is 24.6 Å². The molecule has 0 spiro atoms. The van der Waals surface area contributed by atoms with Crippen molar-refractivity contribution in [2.75, 3.05) is 11.0 Å². The summed E-state index contributed by atoms with van der Waals surface area (Å²) in [5, 5.41) is 0. The van der Waals surface area contributed by atoms with Gasteiger partial charge in [0.1, 0.15) is 5.69 Å². The second-order valence-electron chi connectivity index (χ2n) is 4.85. The van der Waals surface area contributed by atoms with Gasteiger partial charge in [-0.05, 0) is 18.2 Å². The first-order valence-corrected chi connectivity index (χ1v) is 8.39. The molecule has 7 heteroatoms. The van der Waals surface area contributed by atoms with Crippen LogP contribution in [0.3, 0.4) is 0 Å². The fourth-order valence-corrected chi connectivity index (χ4v) is 2.77. The largest absolute Gasteiger partial charge is 0.319 e. The predicted octanol–water partition coefficient (Wildman–Crippen LogP) is 1.96. The van der Waals surface area contributed by atoms with Crippen molar-refractivity contribution in [3.63, 3.8) is 0 Å². The van der Waals surface area contributed by atoms with Gasteiger partial charge >= 0.3 is 0 Å². The molecule has 0 amide bonds. The van der Waals surface area contributed by atoms with Gasteiger partial charge in [0.25, 0.3) is 5.56 Å². The predicted molar refractivity (Wildman–Crippen MR) is 86.3 cm³/mol. The molecule has 3 aromatic rings. The molecule has 3 rings (SSSR count). The quantitative estimate of drug-likeness (QED) is 0.773. The smallest absolute Gasteiger partial charge is 0.275 e. The number of aromatic nitrogens is 2. The average molecular weight is 315 g/mol. The van der Waals surface area contributed by atoms with E-state index in [2.05, 4.69) is 14.7 Å². The van der Waals surface area contributed by atoms with Gasteiger partial charge < -0.3 is 4.98 Å². The fourth-order valence-electron chi connectivity index (χ4n) is 2.19. The van der Waals surface area contributed by atoms with E-state index < -0.39 is 10.0 Å². The molecule has 1 aromatic heterocycles. The van der Waals surface area contributed by atoms with E-state index in [0.717, 1.165) is 6.26 Å². The number of H-pyrrole nitrogens is 1. The number of nitrogens with zero attached hydrogens (tertiary/aromatic N) is 1. The SMILES string of the molecule is CS(=O)(=O)Nc1ccccc1-c1nc2ccccc2[nH]c1=O. The molecule has 0 fully saturated rings. The number of sulfonamides is 1. The van der Waals surface area contributed by atoms with Crippen LogP contribution >= 0.6 is 0 Å². The number of anilines is 1. The molecule has 112 valence electrons. The van der Waals surface area contributed by atoms with E-state index in [9.17, 15) is 13.2 Å². The second-order valence-corrected chi connectivity index (χ2v) is 6.60. The van der Waals surface area contributed by atoms with E-state index in [-0.39, 0.29) is 11.3 Å². The Morgan fingerprint density at radius 1 is 1.05 bits per heavy atom. The molecule has 6 nitrogen and oxygen atoms in total. The van der Waals surface area contributed by atoms with Crippen LogP contribution in [-0.2, 0) is 10.0 Å². The van der Waals surface area contributed by atoms with E-state index in [1.807, 2.05) is 6.07 Å². The molecule has 0 radical (unpaired) electrons. The Bertz CT molecular complexity index is 1010. The highest BCUT2D eigenvalue weighted by molar-refractivity contribution is 7.92. The summed E-state index contributed by atoms with van der Waals surface area (Å²) in [6.07, 6.45) is 1.06. The third kappa shape index (κ3) is 2.84. The number of rotatable bonds is 3. The third-order valence-electron chi connectivity index (χ3n) is 3.08. The molecule has 0 unspecified atom stereocenters. The van der Waals surface area contributed by atoms with Crippen LogP contribution in [0.15, 0.2) is 53.3 Å². The first-order valence-electron chi connectivity index (χ1n) is 6.50. The number of fused-ring (bicyclic) bond motifs is 1. The Morgan fingerprint density at radius 3 is 2.50 bits per heavy atom. The molecule has 0 aliphatic carbocycles. The second kappa shape index (κ2) is 5.27. The first-order chi connectivity index (χ1) is 10.4. The first kappa shape index (κ1) is 14.3. The molecule has 2 N–H and O–H groups in total. The van der Waals surface area contributed by atoms with Gasteiger partial charge in [-0.15, -0.1) is 0 Å². The molecular weight excluding hydrogens is 302 g/mol. The van der Waals surface area contributed by atoms with E-state index in [4.69, 9.17) is 0 Å². The van der Waals surface area contributed by atoms with Crippen LogP contribution < -0.4 is 10.3 Å². The lowest BCUT2D eigenvalue weighted by Gasteiger charge is -2.10. The van der Waals surface area contributed by atoms with Gasteiger partial charge in [0, 0.05) is 5.56 Å². The summed E-state index contributed by atoms with van der Waals surface area (Å²) < 4.78 is 25.3. The van der Waals surface area contributed by atoms with E-state index in [0.29, 0.717) is 22.3 Å². The lowest BCUT2D eigenvalue weighted by Crippen LogP contribution is -2.15. The molecule has 0 bridgehead atoms.